The molecule has 0 radical (unpaired) electrons. The van der Waals surface area contributed by atoms with Crippen molar-refractivity contribution in [3.05, 3.63) is 35.5 Å². The van der Waals surface area contributed by atoms with E-state index in [2.05, 4.69) is 10.2 Å². The number of methoxy groups -OCH3 is 1. The fourth-order valence-electron chi connectivity index (χ4n) is 1.96. The number of Topliss-reactive ketones (excluding diaryl/α,β-unsaturated/α-hetero) is 1. The molecule has 1 aromatic heterocycles. The normalized spacial score (nSPS) is 11.5. The van der Waals surface area contributed by atoms with Gasteiger partial charge in [0.05, 0.1) is 18.4 Å². The van der Waals surface area contributed by atoms with Gasteiger partial charge in [-0.05, 0) is 19.1 Å². The van der Waals surface area contributed by atoms with Crippen LogP contribution in [0.2, 0.25) is 0 Å². The Bertz CT molecular complexity index is 833. The minimum Gasteiger partial charge on any atom is -0.496 e. The summed E-state index contributed by atoms with van der Waals surface area (Å²) in [5, 5.41) is 17.3. The first-order valence-corrected chi connectivity index (χ1v) is 7.84. The molecule has 0 unspecified atom stereocenters. The zero-order chi connectivity index (χ0) is 17.7. The number of nitriles is 1. The van der Waals surface area contributed by atoms with Crippen molar-refractivity contribution < 1.29 is 9.53 Å². The predicted molar refractivity (Wildman–Crippen MR) is 90.4 cm³/mol. The Morgan fingerprint density at radius 1 is 1.42 bits per heavy atom. The van der Waals surface area contributed by atoms with Gasteiger partial charge in [0.25, 0.3) is 0 Å². The van der Waals surface area contributed by atoms with Crippen LogP contribution in [0.5, 0.6) is 5.75 Å². The molecule has 1 aromatic carbocycles. The minimum absolute atomic E-state index is 0.0152. The molecule has 0 saturated carbocycles. The highest BCUT2D eigenvalue weighted by Gasteiger charge is 2.18. The molecule has 0 aliphatic carbocycles. The molecule has 24 heavy (non-hydrogen) atoms. The lowest BCUT2D eigenvalue weighted by molar-refractivity contribution is -0.112. The number of carbonyl (C=O) groups is 1. The average Bonchev–Trinajstić information content (AvgIpc) is 2.93. The molecule has 0 bridgehead atoms. The largest absolute Gasteiger partial charge is 0.496 e. The van der Waals surface area contributed by atoms with E-state index in [1.54, 1.807) is 25.3 Å². The second kappa shape index (κ2) is 7.52. The third-order valence-corrected chi connectivity index (χ3v) is 4.07. The third kappa shape index (κ3) is 3.49. The Morgan fingerprint density at radius 2 is 2.12 bits per heavy atom. The van der Waals surface area contributed by atoms with E-state index in [1.165, 1.54) is 11.6 Å². The smallest absolute Gasteiger partial charge is 0.210 e. The van der Waals surface area contributed by atoms with Crippen molar-refractivity contribution in [1.82, 2.24) is 14.9 Å². The summed E-state index contributed by atoms with van der Waals surface area (Å²) in [5.74, 6) is 6.64. The van der Waals surface area contributed by atoms with Gasteiger partial charge in [0, 0.05) is 5.70 Å². The van der Waals surface area contributed by atoms with E-state index in [-0.39, 0.29) is 22.8 Å². The Kier molecular flexibility index (Phi) is 5.44. The zero-order valence-electron chi connectivity index (χ0n) is 13.2. The van der Waals surface area contributed by atoms with E-state index < -0.39 is 0 Å². The maximum Gasteiger partial charge on any atom is 0.210 e. The number of hydrogen-bond acceptors (Lipinski definition) is 8. The fourth-order valence-corrected chi connectivity index (χ4v) is 2.69. The lowest BCUT2D eigenvalue weighted by atomic mass is 10.2. The molecule has 2 aromatic rings. The van der Waals surface area contributed by atoms with Crippen LogP contribution in [-0.4, -0.2) is 33.5 Å². The summed E-state index contributed by atoms with van der Waals surface area (Å²) in [7, 11) is 1.55. The van der Waals surface area contributed by atoms with Gasteiger partial charge < -0.3 is 16.3 Å². The van der Waals surface area contributed by atoms with Crippen LogP contribution >= 0.6 is 11.8 Å². The number of carbonyl (C=O) groups excluding carboxylic acids is 1. The zero-order valence-corrected chi connectivity index (χ0v) is 14.0. The van der Waals surface area contributed by atoms with Gasteiger partial charge in [-0.15, -0.1) is 10.2 Å². The number of thioether (sulfide) groups is 1. The van der Waals surface area contributed by atoms with Gasteiger partial charge in [0.15, 0.2) is 11.6 Å². The van der Waals surface area contributed by atoms with E-state index in [0.29, 0.717) is 22.3 Å². The second-order valence-electron chi connectivity index (χ2n) is 4.76. The lowest BCUT2D eigenvalue weighted by Crippen LogP contribution is -2.14. The topological polar surface area (TPSA) is 133 Å². The van der Waals surface area contributed by atoms with Crippen LogP contribution < -0.4 is 16.3 Å². The number of benzene rings is 1. The minimum atomic E-state index is -0.385. The number of rotatable bonds is 6. The number of allylic oxidation sites excluding steroid dienone is 2. The van der Waals surface area contributed by atoms with E-state index in [0.717, 1.165) is 11.8 Å². The maximum absolute atomic E-state index is 12.0. The number of ether oxygens (including phenoxy) is 1. The van der Waals surface area contributed by atoms with Crippen LogP contribution in [0.15, 0.2) is 40.7 Å². The van der Waals surface area contributed by atoms with Crippen molar-refractivity contribution in [2.45, 2.75) is 12.1 Å². The molecule has 0 aliphatic rings. The fraction of sp³-hybridized carbons (Fsp3) is 0.200. The molecule has 124 valence electrons. The summed E-state index contributed by atoms with van der Waals surface area (Å²) < 4.78 is 6.56. The number of nitrogens with zero attached hydrogens (tertiary/aromatic N) is 4. The first kappa shape index (κ1) is 17.4. The molecule has 0 aliphatic heterocycles. The Morgan fingerprint density at radius 3 is 2.75 bits per heavy atom. The quantitative estimate of drug-likeness (QED) is 0.344. The Hall–Kier alpha value is -2.99. The number of para-hydroxylation sites is 1. The highest BCUT2D eigenvalue weighted by molar-refractivity contribution is 7.99. The van der Waals surface area contributed by atoms with Gasteiger partial charge >= 0.3 is 0 Å². The predicted octanol–water partition coefficient (Wildman–Crippen LogP) is 1.08. The maximum atomic E-state index is 12.0. The van der Waals surface area contributed by atoms with Crippen LogP contribution in [0.25, 0.3) is 11.4 Å². The SMILES string of the molecule is COc1ccccc1-c1nnc(SCC(=O)/C(C#N)=C(\C)N)n1N. The van der Waals surface area contributed by atoms with Crippen molar-refractivity contribution in [3.8, 4) is 23.2 Å². The van der Waals surface area contributed by atoms with Crippen LogP contribution in [0.3, 0.4) is 0 Å². The van der Waals surface area contributed by atoms with E-state index in [4.69, 9.17) is 21.6 Å². The van der Waals surface area contributed by atoms with Gasteiger partial charge in [-0.3, -0.25) is 4.79 Å². The third-order valence-electron chi connectivity index (χ3n) is 3.13. The summed E-state index contributed by atoms with van der Waals surface area (Å²) in [4.78, 5) is 12.0. The van der Waals surface area contributed by atoms with Crippen molar-refractivity contribution >= 4 is 17.5 Å². The van der Waals surface area contributed by atoms with E-state index >= 15 is 0 Å². The molecule has 0 spiro atoms. The van der Waals surface area contributed by atoms with E-state index in [1.807, 2.05) is 12.1 Å². The summed E-state index contributed by atoms with van der Waals surface area (Å²) in [5.41, 5.74) is 6.33. The molecule has 0 fully saturated rings. The molecule has 9 heteroatoms. The number of nitrogen functional groups attached to an aromatic ring is 1. The highest BCUT2D eigenvalue weighted by Crippen LogP contribution is 2.29. The second-order valence-corrected chi connectivity index (χ2v) is 5.70. The molecule has 2 rings (SSSR count). The monoisotopic (exact) mass is 344 g/mol. The van der Waals surface area contributed by atoms with Crippen LogP contribution in [0, 0.1) is 11.3 Å². The van der Waals surface area contributed by atoms with Crippen LogP contribution in [0.1, 0.15) is 6.92 Å². The average molecular weight is 344 g/mol. The number of nitrogens with two attached hydrogens (primary N) is 2. The highest BCUT2D eigenvalue weighted by atomic mass is 32.2. The number of aromatic nitrogens is 3. The van der Waals surface area contributed by atoms with Gasteiger partial charge in [-0.25, -0.2) is 4.68 Å². The first-order chi connectivity index (χ1) is 11.5. The van der Waals surface area contributed by atoms with Crippen LogP contribution in [0.4, 0.5) is 0 Å². The molecule has 1 heterocycles. The molecular formula is C15H16N6O2S. The standard InChI is InChI=1S/C15H16N6O2S/c1-9(17)11(7-16)12(22)8-24-15-20-19-14(21(15)18)10-5-3-4-6-13(10)23-2/h3-6H,8,17-18H2,1-2H3/b11-9+. The molecule has 0 amide bonds. The first-order valence-electron chi connectivity index (χ1n) is 6.86. The molecular weight excluding hydrogens is 328 g/mol. The molecule has 0 saturated heterocycles. The van der Waals surface area contributed by atoms with Gasteiger partial charge in [-0.2, -0.15) is 5.26 Å². The summed E-state index contributed by atoms with van der Waals surface area (Å²) in [6.45, 7) is 1.51. The Balaban J connectivity index is 2.21. The van der Waals surface area contributed by atoms with Crippen molar-refractivity contribution in [2.75, 3.05) is 18.7 Å². The van der Waals surface area contributed by atoms with Gasteiger partial charge in [0.2, 0.25) is 5.16 Å². The van der Waals surface area contributed by atoms with Crippen molar-refractivity contribution in [1.29, 1.82) is 5.26 Å². The molecule has 0 atom stereocenters. The van der Waals surface area contributed by atoms with Gasteiger partial charge in [-0.1, -0.05) is 23.9 Å². The number of ketones is 1. The Labute approximate surface area is 143 Å². The molecule has 8 nitrogen and oxygen atoms in total. The lowest BCUT2D eigenvalue weighted by Gasteiger charge is -2.07. The summed E-state index contributed by atoms with van der Waals surface area (Å²) in [6, 6.07) is 9.05. The molecule has 4 N–H and O–H groups in total. The van der Waals surface area contributed by atoms with E-state index in [9.17, 15) is 4.79 Å². The number of hydrogen-bond donors (Lipinski definition) is 2. The van der Waals surface area contributed by atoms with Crippen molar-refractivity contribution in [3.63, 3.8) is 0 Å². The van der Waals surface area contributed by atoms with Gasteiger partial charge in [0.1, 0.15) is 17.4 Å². The van der Waals surface area contributed by atoms with Crippen LogP contribution in [-0.2, 0) is 4.79 Å². The summed E-state index contributed by atoms with van der Waals surface area (Å²) >= 11 is 1.08. The van der Waals surface area contributed by atoms with Crippen molar-refractivity contribution in [2.24, 2.45) is 5.73 Å². The summed E-state index contributed by atoms with van der Waals surface area (Å²) in [6.07, 6.45) is 0.